The first kappa shape index (κ1) is 25.2. The minimum Gasteiger partial charge on any atom is -0.493 e. The number of carbonyl (C=O) groups excluding carboxylic acids is 2. The highest BCUT2D eigenvalue weighted by Gasteiger charge is 2.28. The molecule has 0 aliphatic rings. The Morgan fingerprint density at radius 3 is 2.16 bits per heavy atom. The molecule has 0 heterocycles. The quantitative estimate of drug-likeness (QED) is 0.632. The van der Waals surface area contributed by atoms with Crippen LogP contribution in [-0.2, 0) is 22.6 Å². The predicted octanol–water partition coefficient (Wildman–Crippen LogP) is 4.11. The van der Waals surface area contributed by atoms with Crippen LogP contribution in [0.15, 0.2) is 42.5 Å². The van der Waals surface area contributed by atoms with Crippen molar-refractivity contribution in [1.29, 1.82) is 0 Å². The highest BCUT2D eigenvalue weighted by Crippen LogP contribution is 2.28. The van der Waals surface area contributed by atoms with Crippen molar-refractivity contribution in [2.75, 3.05) is 14.2 Å². The molecule has 0 aliphatic heterocycles. The summed E-state index contributed by atoms with van der Waals surface area (Å²) >= 11 is 0. The van der Waals surface area contributed by atoms with Crippen LogP contribution in [0, 0.1) is 5.82 Å². The lowest BCUT2D eigenvalue weighted by molar-refractivity contribution is -0.141. The molecule has 0 fully saturated rings. The average molecular weight is 445 g/mol. The summed E-state index contributed by atoms with van der Waals surface area (Å²) < 4.78 is 23.9. The van der Waals surface area contributed by atoms with Gasteiger partial charge in [-0.3, -0.25) is 9.59 Å². The Bertz CT molecular complexity index is 923. The smallest absolute Gasteiger partial charge is 0.242 e. The molecule has 1 N–H and O–H groups in total. The summed E-state index contributed by atoms with van der Waals surface area (Å²) in [6.45, 7) is 7.59. The van der Waals surface area contributed by atoms with Crippen molar-refractivity contribution in [1.82, 2.24) is 10.2 Å². The van der Waals surface area contributed by atoms with Gasteiger partial charge in [-0.15, -0.1) is 0 Å². The van der Waals surface area contributed by atoms with E-state index in [1.807, 2.05) is 32.9 Å². The van der Waals surface area contributed by atoms with Gasteiger partial charge in [0.1, 0.15) is 11.9 Å². The molecule has 0 saturated carbocycles. The zero-order valence-corrected chi connectivity index (χ0v) is 19.7. The Labute approximate surface area is 189 Å². The van der Waals surface area contributed by atoms with E-state index < -0.39 is 11.6 Å². The maximum Gasteiger partial charge on any atom is 0.242 e. The van der Waals surface area contributed by atoms with Gasteiger partial charge in [-0.1, -0.05) is 18.2 Å². The number of nitrogens with one attached hydrogen (secondary N) is 1. The maximum atomic E-state index is 13.3. The van der Waals surface area contributed by atoms with Gasteiger partial charge in [-0.2, -0.15) is 0 Å². The number of aryl methyl sites for hydroxylation is 1. The highest BCUT2D eigenvalue weighted by molar-refractivity contribution is 5.87. The van der Waals surface area contributed by atoms with Crippen molar-refractivity contribution >= 4 is 11.8 Å². The molecule has 0 bridgehead atoms. The molecule has 0 spiro atoms. The van der Waals surface area contributed by atoms with Crippen LogP contribution in [0.1, 0.15) is 45.2 Å². The number of benzene rings is 2. The standard InChI is InChI=1S/C25H33FN2O4/c1-17(24(30)27-25(2,3)4)28(16-19-7-11-20(26)12-8-19)23(29)14-10-18-9-13-21(31-5)22(15-18)32-6/h7-9,11-13,15,17H,10,14,16H2,1-6H3,(H,27,30). The van der Waals surface area contributed by atoms with E-state index in [0.717, 1.165) is 11.1 Å². The van der Waals surface area contributed by atoms with Gasteiger partial charge in [0.15, 0.2) is 11.5 Å². The fourth-order valence-electron chi connectivity index (χ4n) is 3.27. The van der Waals surface area contributed by atoms with Crippen LogP contribution < -0.4 is 14.8 Å². The molecule has 0 aliphatic carbocycles. The number of amides is 2. The first-order valence-electron chi connectivity index (χ1n) is 10.6. The van der Waals surface area contributed by atoms with Gasteiger partial charge in [-0.25, -0.2) is 4.39 Å². The van der Waals surface area contributed by atoms with E-state index in [9.17, 15) is 14.0 Å². The van der Waals surface area contributed by atoms with E-state index in [1.165, 1.54) is 17.0 Å². The predicted molar refractivity (Wildman–Crippen MR) is 122 cm³/mol. The van der Waals surface area contributed by atoms with E-state index in [0.29, 0.717) is 17.9 Å². The van der Waals surface area contributed by atoms with Crippen LogP contribution in [0.3, 0.4) is 0 Å². The monoisotopic (exact) mass is 444 g/mol. The number of ether oxygens (including phenoxy) is 2. The third-order valence-electron chi connectivity index (χ3n) is 5.01. The number of hydrogen-bond donors (Lipinski definition) is 1. The zero-order valence-electron chi connectivity index (χ0n) is 19.7. The largest absolute Gasteiger partial charge is 0.493 e. The Kier molecular flexibility index (Phi) is 8.63. The number of hydrogen-bond acceptors (Lipinski definition) is 4. The SMILES string of the molecule is COc1ccc(CCC(=O)N(Cc2ccc(F)cc2)C(C)C(=O)NC(C)(C)C)cc1OC. The molecule has 2 rings (SSSR count). The maximum absolute atomic E-state index is 13.3. The lowest BCUT2D eigenvalue weighted by atomic mass is 10.1. The van der Waals surface area contributed by atoms with Crippen LogP contribution in [0.5, 0.6) is 11.5 Å². The topological polar surface area (TPSA) is 67.9 Å². The molecule has 0 radical (unpaired) electrons. The van der Waals surface area contributed by atoms with E-state index >= 15 is 0 Å². The molecule has 1 unspecified atom stereocenters. The minimum absolute atomic E-state index is 0.166. The van der Waals surface area contributed by atoms with E-state index in [2.05, 4.69) is 5.32 Å². The van der Waals surface area contributed by atoms with Crippen LogP contribution in [0.4, 0.5) is 4.39 Å². The molecule has 7 heteroatoms. The fourth-order valence-corrected chi connectivity index (χ4v) is 3.27. The Morgan fingerprint density at radius 2 is 1.59 bits per heavy atom. The van der Waals surface area contributed by atoms with Gasteiger partial charge in [0.05, 0.1) is 14.2 Å². The lowest BCUT2D eigenvalue weighted by Crippen LogP contribution is -2.52. The molecule has 2 amide bonds. The Hall–Kier alpha value is -3.09. The summed E-state index contributed by atoms with van der Waals surface area (Å²) in [5.41, 5.74) is 1.25. The average Bonchev–Trinajstić information content (AvgIpc) is 2.75. The van der Waals surface area contributed by atoms with Gasteiger partial charge in [0, 0.05) is 18.5 Å². The van der Waals surface area contributed by atoms with E-state index in [1.54, 1.807) is 39.3 Å². The first-order chi connectivity index (χ1) is 15.0. The van der Waals surface area contributed by atoms with Crippen molar-refractivity contribution in [2.45, 2.75) is 58.7 Å². The van der Waals surface area contributed by atoms with Crippen LogP contribution in [0.2, 0.25) is 0 Å². The molecular weight excluding hydrogens is 411 g/mol. The number of rotatable bonds is 9. The zero-order chi connectivity index (χ0) is 23.9. The van der Waals surface area contributed by atoms with Crippen molar-refractivity contribution in [3.05, 3.63) is 59.4 Å². The highest BCUT2D eigenvalue weighted by atomic mass is 19.1. The second kappa shape index (κ2) is 11.0. The molecule has 1 atom stereocenters. The van der Waals surface area contributed by atoms with Crippen molar-refractivity contribution in [3.8, 4) is 11.5 Å². The molecule has 32 heavy (non-hydrogen) atoms. The third kappa shape index (κ3) is 7.25. The number of halogens is 1. The fraction of sp³-hybridized carbons (Fsp3) is 0.440. The van der Waals surface area contributed by atoms with Gasteiger partial charge in [0.2, 0.25) is 11.8 Å². The number of nitrogens with zero attached hydrogens (tertiary/aromatic N) is 1. The van der Waals surface area contributed by atoms with Gasteiger partial charge >= 0.3 is 0 Å². The third-order valence-corrected chi connectivity index (χ3v) is 5.01. The number of methoxy groups -OCH3 is 2. The molecule has 2 aromatic carbocycles. The first-order valence-corrected chi connectivity index (χ1v) is 10.6. The van der Waals surface area contributed by atoms with Gasteiger partial charge in [-0.05, 0) is 69.5 Å². The van der Waals surface area contributed by atoms with Gasteiger partial charge < -0.3 is 19.7 Å². The number of carbonyl (C=O) groups is 2. The van der Waals surface area contributed by atoms with Crippen molar-refractivity contribution < 1.29 is 23.5 Å². The Morgan fingerprint density at radius 1 is 1.00 bits per heavy atom. The van der Waals surface area contributed by atoms with Gasteiger partial charge in [0.25, 0.3) is 0 Å². The molecule has 0 saturated heterocycles. The summed E-state index contributed by atoms with van der Waals surface area (Å²) in [7, 11) is 3.13. The van der Waals surface area contributed by atoms with Crippen molar-refractivity contribution in [2.24, 2.45) is 0 Å². The normalized spacial score (nSPS) is 12.1. The Balaban J connectivity index is 2.18. The molecule has 6 nitrogen and oxygen atoms in total. The second-order valence-corrected chi connectivity index (χ2v) is 8.75. The van der Waals surface area contributed by atoms with Crippen LogP contribution in [0.25, 0.3) is 0 Å². The lowest BCUT2D eigenvalue weighted by Gasteiger charge is -2.31. The summed E-state index contributed by atoms with van der Waals surface area (Å²) in [6, 6.07) is 10.8. The molecule has 0 aromatic heterocycles. The molecule has 174 valence electrons. The summed E-state index contributed by atoms with van der Waals surface area (Å²) in [5, 5.41) is 2.93. The van der Waals surface area contributed by atoms with E-state index in [-0.39, 0.29) is 30.6 Å². The molecular formula is C25H33FN2O4. The second-order valence-electron chi connectivity index (χ2n) is 8.75. The van der Waals surface area contributed by atoms with Crippen molar-refractivity contribution in [3.63, 3.8) is 0 Å². The van der Waals surface area contributed by atoms with Crippen LogP contribution in [-0.4, -0.2) is 42.5 Å². The molecule has 2 aromatic rings. The summed E-state index contributed by atoms with van der Waals surface area (Å²) in [4.78, 5) is 27.5. The van der Waals surface area contributed by atoms with E-state index in [4.69, 9.17) is 9.47 Å². The summed E-state index contributed by atoms with van der Waals surface area (Å²) in [6.07, 6.45) is 0.691. The summed E-state index contributed by atoms with van der Waals surface area (Å²) in [5.74, 6) is 0.463. The van der Waals surface area contributed by atoms with Crippen LogP contribution >= 0.6 is 0 Å². The minimum atomic E-state index is -0.683.